The summed E-state index contributed by atoms with van der Waals surface area (Å²) < 4.78 is 16.6. The molecule has 0 N–H and O–H groups in total. The smallest absolute Gasteiger partial charge is 0.236 e. The summed E-state index contributed by atoms with van der Waals surface area (Å²) in [6.07, 6.45) is 4.49. The Labute approximate surface area is 148 Å². The van der Waals surface area contributed by atoms with Crippen LogP contribution in [0.3, 0.4) is 0 Å². The molecule has 0 spiro atoms. The van der Waals surface area contributed by atoms with Crippen molar-refractivity contribution in [3.63, 3.8) is 0 Å². The van der Waals surface area contributed by atoms with Crippen molar-refractivity contribution < 1.29 is 4.39 Å². The molecule has 0 amide bonds. The van der Waals surface area contributed by atoms with Gasteiger partial charge in [0, 0.05) is 30.2 Å². The average Bonchev–Trinajstić information content (AvgIpc) is 3.25. The lowest BCUT2D eigenvalue weighted by atomic mass is 10.1. The Morgan fingerprint density at radius 2 is 1.92 bits per heavy atom. The maximum absolute atomic E-state index is 13.3. The Kier molecular flexibility index (Phi) is 3.45. The molecule has 1 saturated heterocycles. The van der Waals surface area contributed by atoms with Gasteiger partial charge < -0.3 is 4.90 Å². The maximum Gasteiger partial charge on any atom is 0.236 e. The van der Waals surface area contributed by atoms with Crippen molar-refractivity contribution in [2.45, 2.75) is 19.0 Å². The van der Waals surface area contributed by atoms with Crippen LogP contribution in [0.25, 0.3) is 26.4 Å². The van der Waals surface area contributed by atoms with Crippen molar-refractivity contribution in [2.24, 2.45) is 0 Å². The normalized spacial score (nSPS) is 16.1. The first kappa shape index (κ1) is 14.8. The molecule has 0 radical (unpaired) electrons. The molecule has 0 atom stereocenters. The van der Waals surface area contributed by atoms with Crippen molar-refractivity contribution >= 4 is 33.0 Å². The largest absolute Gasteiger partial charge is 0.356 e. The summed E-state index contributed by atoms with van der Waals surface area (Å²) in [6.45, 7) is 1.43. The fraction of sp³-hybridized carbons (Fsp3) is 0.263. The van der Waals surface area contributed by atoms with Crippen LogP contribution in [-0.4, -0.2) is 33.6 Å². The third-order valence-corrected chi connectivity index (χ3v) is 5.88. The van der Waals surface area contributed by atoms with Crippen LogP contribution in [0.15, 0.2) is 48.8 Å². The molecule has 25 heavy (non-hydrogen) atoms. The second-order valence-electron chi connectivity index (χ2n) is 6.43. The van der Waals surface area contributed by atoms with Gasteiger partial charge in [-0.2, -0.15) is 4.98 Å². The molecule has 1 aromatic carbocycles. The molecule has 6 heteroatoms. The summed E-state index contributed by atoms with van der Waals surface area (Å²) in [5.74, 6) is 1.57. The van der Waals surface area contributed by atoms with Crippen LogP contribution in [0.5, 0.6) is 0 Å². The van der Waals surface area contributed by atoms with Crippen LogP contribution < -0.4 is 4.90 Å². The quantitative estimate of drug-likeness (QED) is 0.531. The Balaban J connectivity index is 1.51. The van der Waals surface area contributed by atoms with Crippen LogP contribution in [0.1, 0.15) is 12.8 Å². The van der Waals surface area contributed by atoms with Gasteiger partial charge in [0.2, 0.25) is 5.78 Å². The van der Waals surface area contributed by atoms with Gasteiger partial charge in [0.05, 0.1) is 4.88 Å². The van der Waals surface area contributed by atoms with Gasteiger partial charge in [-0.3, -0.25) is 4.40 Å². The van der Waals surface area contributed by atoms with Gasteiger partial charge >= 0.3 is 0 Å². The van der Waals surface area contributed by atoms with Crippen LogP contribution in [0, 0.1) is 0 Å². The first-order valence-electron chi connectivity index (χ1n) is 8.50. The number of hydrogen-bond acceptors (Lipinski definition) is 4. The van der Waals surface area contributed by atoms with E-state index in [0.29, 0.717) is 31.7 Å². The van der Waals surface area contributed by atoms with E-state index in [-0.39, 0.29) is 0 Å². The van der Waals surface area contributed by atoms with Gasteiger partial charge in [0.25, 0.3) is 0 Å². The molecule has 3 aromatic heterocycles. The fourth-order valence-electron chi connectivity index (χ4n) is 3.34. The molecule has 5 rings (SSSR count). The number of aromatic nitrogens is 3. The van der Waals surface area contributed by atoms with E-state index in [1.165, 1.54) is 10.1 Å². The lowest BCUT2D eigenvalue weighted by Gasteiger charge is -2.29. The molecule has 0 saturated carbocycles. The molecule has 1 aliphatic rings. The highest BCUT2D eigenvalue weighted by atomic mass is 32.1. The molecular weight excluding hydrogens is 335 g/mol. The zero-order valence-electron chi connectivity index (χ0n) is 13.6. The first-order valence-corrected chi connectivity index (χ1v) is 9.32. The third-order valence-electron chi connectivity index (χ3n) is 4.74. The van der Waals surface area contributed by atoms with E-state index < -0.39 is 6.17 Å². The summed E-state index contributed by atoms with van der Waals surface area (Å²) >= 11 is 1.74. The Hall–Kier alpha value is -2.47. The predicted molar refractivity (Wildman–Crippen MR) is 100 cm³/mol. The Morgan fingerprint density at radius 3 is 2.76 bits per heavy atom. The molecule has 4 heterocycles. The van der Waals surface area contributed by atoms with Crippen LogP contribution >= 0.6 is 11.3 Å². The topological polar surface area (TPSA) is 33.4 Å². The molecule has 0 bridgehead atoms. The summed E-state index contributed by atoms with van der Waals surface area (Å²) in [7, 11) is 0. The van der Waals surface area contributed by atoms with E-state index in [9.17, 15) is 4.39 Å². The van der Waals surface area contributed by atoms with E-state index in [2.05, 4.69) is 40.2 Å². The van der Waals surface area contributed by atoms with Crippen LogP contribution in [0.4, 0.5) is 10.2 Å². The molecule has 0 aliphatic carbocycles. The number of halogens is 1. The minimum absolute atomic E-state index is 0.578. The minimum Gasteiger partial charge on any atom is -0.356 e. The standard InChI is InChI=1S/C19H17FN4S/c20-14-5-8-23(9-6-14)18-7-10-24-12-15(21-19(24)22-18)17-11-13-3-1-2-4-16(13)25-17/h1-4,7,10-12,14H,5-6,8-9H2. The number of anilines is 1. The zero-order chi connectivity index (χ0) is 16.8. The van der Waals surface area contributed by atoms with Gasteiger partial charge in [0.15, 0.2) is 0 Å². The Morgan fingerprint density at radius 1 is 1.08 bits per heavy atom. The third kappa shape index (κ3) is 2.66. The number of nitrogens with zero attached hydrogens (tertiary/aromatic N) is 4. The van der Waals surface area contributed by atoms with Gasteiger partial charge in [0.1, 0.15) is 17.7 Å². The molecular formula is C19H17FN4S. The highest BCUT2D eigenvalue weighted by Gasteiger charge is 2.20. The van der Waals surface area contributed by atoms with Crippen molar-refractivity contribution in [3.05, 3.63) is 48.8 Å². The minimum atomic E-state index is -0.675. The highest BCUT2D eigenvalue weighted by Crippen LogP contribution is 2.33. The fourth-order valence-corrected chi connectivity index (χ4v) is 4.36. The number of piperidine rings is 1. The second kappa shape index (κ2) is 5.81. The lowest BCUT2D eigenvalue weighted by Crippen LogP contribution is -2.34. The summed E-state index contributed by atoms with van der Waals surface area (Å²) in [5.41, 5.74) is 0.938. The maximum atomic E-state index is 13.3. The Bertz CT molecular complexity index is 1010. The van der Waals surface area contributed by atoms with Gasteiger partial charge in [-0.25, -0.2) is 9.37 Å². The van der Waals surface area contributed by atoms with E-state index in [1.54, 1.807) is 11.3 Å². The molecule has 4 nitrogen and oxygen atoms in total. The van der Waals surface area contributed by atoms with Crippen molar-refractivity contribution in [3.8, 4) is 10.6 Å². The predicted octanol–water partition coefficient (Wildman–Crippen LogP) is 4.55. The van der Waals surface area contributed by atoms with E-state index in [4.69, 9.17) is 4.98 Å². The second-order valence-corrected chi connectivity index (χ2v) is 7.51. The lowest BCUT2D eigenvalue weighted by molar-refractivity contribution is 0.277. The van der Waals surface area contributed by atoms with E-state index in [1.807, 2.05) is 22.9 Å². The number of imidazole rings is 1. The summed E-state index contributed by atoms with van der Waals surface area (Å²) in [4.78, 5) is 12.7. The summed E-state index contributed by atoms with van der Waals surface area (Å²) in [5, 5.41) is 1.24. The first-order chi connectivity index (χ1) is 12.3. The van der Waals surface area contributed by atoms with Crippen molar-refractivity contribution in [1.82, 2.24) is 14.4 Å². The molecule has 4 aromatic rings. The van der Waals surface area contributed by atoms with Gasteiger partial charge in [-0.05, 0) is 36.4 Å². The van der Waals surface area contributed by atoms with Crippen LogP contribution in [-0.2, 0) is 0 Å². The van der Waals surface area contributed by atoms with Crippen molar-refractivity contribution in [2.75, 3.05) is 18.0 Å². The molecule has 1 fully saturated rings. The van der Waals surface area contributed by atoms with E-state index >= 15 is 0 Å². The van der Waals surface area contributed by atoms with Gasteiger partial charge in [-0.1, -0.05) is 18.2 Å². The zero-order valence-corrected chi connectivity index (χ0v) is 14.4. The SMILES string of the molecule is FC1CCN(c2ccn3cc(-c4cc5ccccc5s4)nc3n2)CC1. The molecule has 126 valence electrons. The number of hydrogen-bond donors (Lipinski definition) is 0. The monoisotopic (exact) mass is 352 g/mol. The molecule has 1 aliphatic heterocycles. The van der Waals surface area contributed by atoms with Crippen LogP contribution in [0.2, 0.25) is 0 Å². The number of alkyl halides is 1. The van der Waals surface area contributed by atoms with Gasteiger partial charge in [-0.15, -0.1) is 11.3 Å². The average molecular weight is 352 g/mol. The highest BCUT2D eigenvalue weighted by molar-refractivity contribution is 7.22. The summed E-state index contributed by atoms with van der Waals surface area (Å²) in [6, 6.07) is 12.5. The van der Waals surface area contributed by atoms with Crippen molar-refractivity contribution in [1.29, 1.82) is 0 Å². The number of rotatable bonds is 2. The van der Waals surface area contributed by atoms with E-state index in [0.717, 1.165) is 16.4 Å². The number of fused-ring (bicyclic) bond motifs is 2. The number of benzene rings is 1. The molecule has 0 unspecified atom stereocenters. The number of thiophene rings is 1.